The predicted molar refractivity (Wildman–Crippen MR) is 44.7 cm³/mol. The summed E-state index contributed by atoms with van der Waals surface area (Å²) < 4.78 is 0. The molecule has 0 atom stereocenters. The average Bonchev–Trinajstić information content (AvgIpc) is 2.44. The third-order valence-electron chi connectivity index (χ3n) is 2.12. The van der Waals surface area contributed by atoms with Crippen LogP contribution in [0.2, 0.25) is 0 Å². The van der Waals surface area contributed by atoms with Crippen molar-refractivity contribution >= 4 is 5.91 Å². The fraction of sp³-hybridized carbons (Fsp3) is 0.333. The van der Waals surface area contributed by atoms with Crippen molar-refractivity contribution in [1.82, 2.24) is 9.88 Å². The van der Waals surface area contributed by atoms with Gasteiger partial charge in [-0.1, -0.05) is 6.07 Å². The van der Waals surface area contributed by atoms with E-state index < -0.39 is 0 Å². The summed E-state index contributed by atoms with van der Waals surface area (Å²) in [5.41, 5.74) is 1.67. The van der Waals surface area contributed by atoms with Gasteiger partial charge in [0.25, 0.3) is 5.91 Å². The zero-order valence-electron chi connectivity index (χ0n) is 6.95. The van der Waals surface area contributed by atoms with Crippen LogP contribution in [-0.4, -0.2) is 22.3 Å². The maximum atomic E-state index is 11.5. The van der Waals surface area contributed by atoms with Crippen LogP contribution in [0.4, 0.5) is 0 Å². The third-order valence-corrected chi connectivity index (χ3v) is 2.12. The Morgan fingerprint density at radius 1 is 1.67 bits per heavy atom. The summed E-state index contributed by atoms with van der Waals surface area (Å²) in [6, 6.07) is 3.82. The molecular formula is C9H10N2O. The molecule has 3 heteroatoms. The molecule has 0 spiro atoms. The number of fused-ring (bicyclic) bond motifs is 1. The highest BCUT2D eigenvalue weighted by atomic mass is 16.2. The lowest BCUT2D eigenvalue weighted by Crippen LogP contribution is -2.23. The molecule has 62 valence electrons. The van der Waals surface area contributed by atoms with E-state index in [1.165, 1.54) is 0 Å². The van der Waals surface area contributed by atoms with Crippen LogP contribution in [0.5, 0.6) is 0 Å². The number of hydrogen-bond acceptors (Lipinski definition) is 2. The van der Waals surface area contributed by atoms with Crippen molar-refractivity contribution in [3.05, 3.63) is 29.6 Å². The number of rotatable bonds is 1. The molecule has 2 heterocycles. The van der Waals surface area contributed by atoms with Gasteiger partial charge in [-0.2, -0.15) is 0 Å². The van der Waals surface area contributed by atoms with E-state index in [0.717, 1.165) is 18.7 Å². The molecule has 2 rings (SSSR count). The maximum absolute atomic E-state index is 11.5. The SMILES string of the molecule is CCN1Cc2cccnc2C1=O. The number of hydrogen-bond donors (Lipinski definition) is 0. The topological polar surface area (TPSA) is 33.2 Å². The Balaban J connectivity index is 2.42. The largest absolute Gasteiger partial charge is 0.333 e. The lowest BCUT2D eigenvalue weighted by molar-refractivity contribution is 0.0783. The first-order valence-corrected chi connectivity index (χ1v) is 4.06. The van der Waals surface area contributed by atoms with Gasteiger partial charge in [0.05, 0.1) is 0 Å². The lowest BCUT2D eigenvalue weighted by atomic mass is 10.2. The highest BCUT2D eigenvalue weighted by Gasteiger charge is 2.26. The van der Waals surface area contributed by atoms with Gasteiger partial charge in [-0.3, -0.25) is 9.78 Å². The van der Waals surface area contributed by atoms with E-state index in [1.807, 2.05) is 19.1 Å². The first-order chi connectivity index (χ1) is 5.83. The molecule has 1 aliphatic heterocycles. The average molecular weight is 162 g/mol. The van der Waals surface area contributed by atoms with Gasteiger partial charge < -0.3 is 4.90 Å². The highest BCUT2D eigenvalue weighted by Crippen LogP contribution is 2.19. The first-order valence-electron chi connectivity index (χ1n) is 4.06. The minimum Gasteiger partial charge on any atom is -0.333 e. The molecule has 0 aromatic carbocycles. The summed E-state index contributed by atoms with van der Waals surface area (Å²) in [6.45, 7) is 3.46. The smallest absolute Gasteiger partial charge is 0.273 e. The Hall–Kier alpha value is -1.38. The Labute approximate surface area is 71.0 Å². The van der Waals surface area contributed by atoms with Crippen molar-refractivity contribution in [2.24, 2.45) is 0 Å². The molecule has 1 amide bonds. The first kappa shape index (κ1) is 7.28. The number of carbonyl (C=O) groups is 1. The fourth-order valence-corrected chi connectivity index (χ4v) is 1.44. The van der Waals surface area contributed by atoms with Crippen molar-refractivity contribution in [3.8, 4) is 0 Å². The molecule has 0 radical (unpaired) electrons. The van der Waals surface area contributed by atoms with Crippen molar-refractivity contribution < 1.29 is 4.79 Å². The van der Waals surface area contributed by atoms with Crippen molar-refractivity contribution in [3.63, 3.8) is 0 Å². The van der Waals surface area contributed by atoms with Gasteiger partial charge in [-0.15, -0.1) is 0 Å². The van der Waals surface area contributed by atoms with Crippen LogP contribution < -0.4 is 0 Å². The van der Waals surface area contributed by atoms with E-state index in [0.29, 0.717) is 5.69 Å². The minimum atomic E-state index is 0.0631. The quantitative estimate of drug-likeness (QED) is 0.618. The number of amides is 1. The van der Waals surface area contributed by atoms with Crippen molar-refractivity contribution in [1.29, 1.82) is 0 Å². The zero-order chi connectivity index (χ0) is 8.55. The molecule has 1 aromatic rings. The van der Waals surface area contributed by atoms with Gasteiger partial charge >= 0.3 is 0 Å². The predicted octanol–water partition coefficient (Wildman–Crippen LogP) is 1.06. The van der Waals surface area contributed by atoms with Crippen LogP contribution in [0.25, 0.3) is 0 Å². The third kappa shape index (κ3) is 0.897. The normalized spacial score (nSPS) is 15.1. The van der Waals surface area contributed by atoms with Gasteiger partial charge in [0.1, 0.15) is 5.69 Å². The molecule has 0 saturated heterocycles. The van der Waals surface area contributed by atoms with Gasteiger partial charge in [0.15, 0.2) is 0 Å². The monoisotopic (exact) mass is 162 g/mol. The molecule has 1 aliphatic rings. The minimum absolute atomic E-state index is 0.0631. The van der Waals surface area contributed by atoms with E-state index in [9.17, 15) is 4.79 Å². The van der Waals surface area contributed by atoms with E-state index in [2.05, 4.69) is 4.98 Å². The van der Waals surface area contributed by atoms with E-state index in [-0.39, 0.29) is 5.91 Å². The highest BCUT2D eigenvalue weighted by molar-refractivity contribution is 5.96. The summed E-state index contributed by atoms with van der Waals surface area (Å²) in [5.74, 6) is 0.0631. The van der Waals surface area contributed by atoms with Gasteiger partial charge in [0, 0.05) is 24.8 Å². The van der Waals surface area contributed by atoms with Gasteiger partial charge in [0.2, 0.25) is 0 Å². The van der Waals surface area contributed by atoms with Crippen LogP contribution in [0.15, 0.2) is 18.3 Å². The molecule has 0 N–H and O–H groups in total. The molecule has 0 aliphatic carbocycles. The van der Waals surface area contributed by atoms with Gasteiger partial charge in [-0.25, -0.2) is 0 Å². The van der Waals surface area contributed by atoms with Crippen LogP contribution in [0.1, 0.15) is 23.0 Å². The molecule has 12 heavy (non-hydrogen) atoms. The maximum Gasteiger partial charge on any atom is 0.273 e. The van der Waals surface area contributed by atoms with E-state index >= 15 is 0 Å². The standard InChI is InChI=1S/C9H10N2O/c1-2-11-6-7-4-3-5-10-8(7)9(11)12/h3-5H,2,6H2,1H3. The van der Waals surface area contributed by atoms with Gasteiger partial charge in [-0.05, 0) is 13.0 Å². The summed E-state index contributed by atoms with van der Waals surface area (Å²) in [4.78, 5) is 17.3. The number of pyridine rings is 1. The van der Waals surface area contributed by atoms with Crippen molar-refractivity contribution in [2.75, 3.05) is 6.54 Å². The Morgan fingerprint density at radius 3 is 3.17 bits per heavy atom. The van der Waals surface area contributed by atoms with Crippen LogP contribution in [0, 0.1) is 0 Å². The Morgan fingerprint density at radius 2 is 2.50 bits per heavy atom. The summed E-state index contributed by atoms with van der Waals surface area (Å²) in [6.07, 6.45) is 1.66. The van der Waals surface area contributed by atoms with Crippen LogP contribution in [-0.2, 0) is 6.54 Å². The number of nitrogens with zero attached hydrogens (tertiary/aromatic N) is 2. The molecule has 3 nitrogen and oxygen atoms in total. The number of aromatic nitrogens is 1. The van der Waals surface area contributed by atoms with Crippen LogP contribution >= 0.6 is 0 Å². The molecule has 0 unspecified atom stereocenters. The van der Waals surface area contributed by atoms with E-state index in [4.69, 9.17) is 0 Å². The second-order valence-corrected chi connectivity index (χ2v) is 2.83. The summed E-state index contributed by atoms with van der Waals surface area (Å²) in [7, 11) is 0. The number of carbonyl (C=O) groups excluding carboxylic acids is 1. The fourth-order valence-electron chi connectivity index (χ4n) is 1.44. The molecule has 1 aromatic heterocycles. The zero-order valence-corrected chi connectivity index (χ0v) is 6.95. The Kier molecular flexibility index (Phi) is 1.57. The van der Waals surface area contributed by atoms with Crippen LogP contribution in [0.3, 0.4) is 0 Å². The molecule has 0 bridgehead atoms. The Bertz CT molecular complexity index is 322. The summed E-state index contributed by atoms with van der Waals surface area (Å²) in [5, 5.41) is 0. The second kappa shape index (κ2) is 2.59. The molecule has 0 fully saturated rings. The lowest BCUT2D eigenvalue weighted by Gasteiger charge is -2.10. The molecular weight excluding hydrogens is 152 g/mol. The molecule has 0 saturated carbocycles. The van der Waals surface area contributed by atoms with Crippen molar-refractivity contribution in [2.45, 2.75) is 13.5 Å². The second-order valence-electron chi connectivity index (χ2n) is 2.83. The summed E-state index contributed by atoms with van der Waals surface area (Å²) >= 11 is 0. The van der Waals surface area contributed by atoms with E-state index in [1.54, 1.807) is 11.1 Å².